The van der Waals surface area contributed by atoms with Crippen LogP contribution in [0.3, 0.4) is 0 Å². The maximum atomic E-state index is 8.51. The van der Waals surface area contributed by atoms with Crippen LogP contribution in [0.5, 0.6) is 5.75 Å². The maximum Gasteiger partial charge on any atom is 0.119 e. The van der Waals surface area contributed by atoms with Crippen molar-refractivity contribution in [2.24, 2.45) is 0 Å². The number of benzene rings is 1. The van der Waals surface area contributed by atoms with Crippen LogP contribution in [0.15, 0.2) is 18.2 Å². The quantitative estimate of drug-likeness (QED) is 0.640. The molecule has 4 heteroatoms. The number of aliphatic hydroxyl groups is 1. The highest BCUT2D eigenvalue weighted by atomic mass is 127. The first-order valence-corrected chi connectivity index (χ1v) is 4.60. The van der Waals surface area contributed by atoms with Crippen molar-refractivity contribution in [1.29, 1.82) is 0 Å². The van der Waals surface area contributed by atoms with E-state index >= 15 is 0 Å². The van der Waals surface area contributed by atoms with Crippen molar-refractivity contribution in [3.05, 3.63) is 21.8 Å². The van der Waals surface area contributed by atoms with E-state index in [1.807, 2.05) is 12.1 Å². The molecular formula is C8H8BIO2. The molecule has 2 radical (unpaired) electrons. The summed E-state index contributed by atoms with van der Waals surface area (Å²) in [5.74, 6) is 0.629. The van der Waals surface area contributed by atoms with Gasteiger partial charge in [0.15, 0.2) is 0 Å². The number of hydrogen-bond donors (Lipinski definition) is 1. The number of halogens is 1. The smallest absolute Gasteiger partial charge is 0.119 e. The molecule has 12 heavy (non-hydrogen) atoms. The van der Waals surface area contributed by atoms with Crippen molar-refractivity contribution in [3.63, 3.8) is 0 Å². The maximum absolute atomic E-state index is 8.51. The van der Waals surface area contributed by atoms with Gasteiger partial charge in [0.1, 0.15) is 20.2 Å². The molecule has 0 saturated heterocycles. The Labute approximate surface area is 86.5 Å². The third-order valence-electron chi connectivity index (χ3n) is 1.32. The molecule has 1 aromatic carbocycles. The summed E-state index contributed by atoms with van der Waals surface area (Å²) in [6, 6.07) is 5.53. The Balaban J connectivity index is 2.72. The largest absolute Gasteiger partial charge is 0.492 e. The zero-order valence-corrected chi connectivity index (χ0v) is 8.61. The van der Waals surface area contributed by atoms with Gasteiger partial charge in [-0.05, 0) is 34.7 Å². The second kappa shape index (κ2) is 4.72. The van der Waals surface area contributed by atoms with E-state index in [0.717, 1.165) is 3.57 Å². The van der Waals surface area contributed by atoms with Crippen LogP contribution >= 0.6 is 22.6 Å². The summed E-state index contributed by atoms with van der Waals surface area (Å²) < 4.78 is 6.23. The first-order chi connectivity index (χ1) is 5.74. The molecule has 0 spiro atoms. The van der Waals surface area contributed by atoms with Crippen LogP contribution in [0.4, 0.5) is 0 Å². The summed E-state index contributed by atoms with van der Waals surface area (Å²) in [5.41, 5.74) is 0.607. The van der Waals surface area contributed by atoms with Gasteiger partial charge >= 0.3 is 0 Å². The molecule has 0 aliphatic rings. The van der Waals surface area contributed by atoms with E-state index in [2.05, 4.69) is 22.6 Å². The van der Waals surface area contributed by atoms with Gasteiger partial charge in [0.2, 0.25) is 0 Å². The van der Waals surface area contributed by atoms with E-state index < -0.39 is 0 Å². The average molecular weight is 274 g/mol. The molecule has 0 aliphatic heterocycles. The van der Waals surface area contributed by atoms with Crippen LogP contribution in [0.2, 0.25) is 0 Å². The standard InChI is InChI=1S/C8H8BIO2/c9-7-5-6(10)1-2-8(7)12-4-3-11/h1-2,5,11H,3-4H2. The highest BCUT2D eigenvalue weighted by Crippen LogP contribution is 2.09. The third-order valence-corrected chi connectivity index (χ3v) is 1.99. The van der Waals surface area contributed by atoms with Crippen molar-refractivity contribution in [2.75, 3.05) is 13.2 Å². The van der Waals surface area contributed by atoms with Crippen LogP contribution in [-0.2, 0) is 0 Å². The minimum atomic E-state index is 0.00538. The SMILES string of the molecule is [B]c1cc(I)ccc1OCCO. The second-order valence-corrected chi connectivity index (χ2v) is 3.50. The lowest BCUT2D eigenvalue weighted by Crippen LogP contribution is -2.12. The highest BCUT2D eigenvalue weighted by molar-refractivity contribution is 14.1. The third kappa shape index (κ3) is 2.67. The lowest BCUT2D eigenvalue weighted by Gasteiger charge is -2.07. The minimum Gasteiger partial charge on any atom is -0.492 e. The first kappa shape index (κ1) is 9.86. The Morgan fingerprint density at radius 2 is 2.25 bits per heavy atom. The number of rotatable bonds is 3. The molecule has 0 fully saturated rings. The van der Waals surface area contributed by atoms with E-state index in [4.69, 9.17) is 17.7 Å². The van der Waals surface area contributed by atoms with E-state index in [1.54, 1.807) is 6.07 Å². The van der Waals surface area contributed by atoms with Gasteiger partial charge in [-0.1, -0.05) is 11.5 Å². The zero-order chi connectivity index (χ0) is 8.97. The Morgan fingerprint density at radius 3 is 2.83 bits per heavy atom. The van der Waals surface area contributed by atoms with E-state index in [1.165, 1.54) is 0 Å². The molecule has 0 unspecified atom stereocenters. The van der Waals surface area contributed by atoms with Crippen LogP contribution in [0, 0.1) is 3.57 Å². The van der Waals surface area contributed by atoms with E-state index in [-0.39, 0.29) is 13.2 Å². The fraction of sp³-hybridized carbons (Fsp3) is 0.250. The van der Waals surface area contributed by atoms with E-state index in [9.17, 15) is 0 Å². The molecule has 0 atom stereocenters. The molecule has 1 rings (SSSR count). The van der Waals surface area contributed by atoms with Gasteiger partial charge in [0, 0.05) is 3.57 Å². The lowest BCUT2D eigenvalue weighted by molar-refractivity contribution is 0.202. The van der Waals surface area contributed by atoms with Crippen molar-refractivity contribution in [1.82, 2.24) is 0 Å². The summed E-state index contributed by atoms with van der Waals surface area (Å²) in [7, 11) is 5.65. The summed E-state index contributed by atoms with van der Waals surface area (Å²) >= 11 is 2.17. The second-order valence-electron chi connectivity index (χ2n) is 2.25. The summed E-state index contributed by atoms with van der Waals surface area (Å²) in [4.78, 5) is 0. The monoisotopic (exact) mass is 274 g/mol. The van der Waals surface area contributed by atoms with Gasteiger partial charge in [0.05, 0.1) is 6.61 Å². The number of aliphatic hydroxyl groups excluding tert-OH is 1. The predicted octanol–water partition coefficient (Wildman–Crippen LogP) is 0.456. The summed E-state index contributed by atoms with van der Waals surface area (Å²) in [6.07, 6.45) is 0. The van der Waals surface area contributed by atoms with Gasteiger partial charge in [-0.15, -0.1) is 0 Å². The number of hydrogen-bond acceptors (Lipinski definition) is 2. The van der Waals surface area contributed by atoms with Gasteiger partial charge in [-0.2, -0.15) is 0 Å². The molecule has 0 bridgehead atoms. The molecule has 0 heterocycles. The zero-order valence-electron chi connectivity index (χ0n) is 6.46. The molecule has 0 aliphatic carbocycles. The summed E-state index contributed by atoms with van der Waals surface area (Å²) in [5, 5.41) is 8.51. The van der Waals surface area contributed by atoms with Crippen molar-refractivity contribution in [2.45, 2.75) is 0 Å². The van der Waals surface area contributed by atoms with Crippen LogP contribution in [0.1, 0.15) is 0 Å². The Kier molecular flexibility index (Phi) is 3.88. The molecule has 0 aromatic heterocycles. The van der Waals surface area contributed by atoms with Gasteiger partial charge in [-0.25, -0.2) is 0 Å². The van der Waals surface area contributed by atoms with Gasteiger partial charge < -0.3 is 9.84 Å². The predicted molar refractivity (Wildman–Crippen MR) is 57.1 cm³/mol. The van der Waals surface area contributed by atoms with Crippen molar-refractivity contribution >= 4 is 35.9 Å². The molecule has 62 valence electrons. The molecule has 1 N–H and O–H groups in total. The Bertz CT molecular complexity index is 265. The average Bonchev–Trinajstić information content (AvgIpc) is 2.03. The van der Waals surface area contributed by atoms with Crippen molar-refractivity contribution < 1.29 is 9.84 Å². The molecule has 0 saturated carbocycles. The van der Waals surface area contributed by atoms with Gasteiger partial charge in [-0.3, -0.25) is 0 Å². The normalized spacial score (nSPS) is 9.83. The topological polar surface area (TPSA) is 29.5 Å². The van der Waals surface area contributed by atoms with Crippen molar-refractivity contribution in [3.8, 4) is 5.75 Å². The van der Waals surface area contributed by atoms with Crippen LogP contribution in [-0.4, -0.2) is 26.2 Å². The van der Waals surface area contributed by atoms with Crippen LogP contribution in [0.25, 0.3) is 0 Å². The Morgan fingerprint density at radius 1 is 1.50 bits per heavy atom. The molecule has 1 aromatic rings. The molecule has 0 amide bonds. The first-order valence-electron chi connectivity index (χ1n) is 3.52. The fourth-order valence-electron chi connectivity index (χ4n) is 0.806. The highest BCUT2D eigenvalue weighted by Gasteiger charge is 1.97. The summed E-state index contributed by atoms with van der Waals surface area (Å²) in [6.45, 7) is 0.288. The molecular weight excluding hydrogens is 266 g/mol. The van der Waals surface area contributed by atoms with E-state index in [0.29, 0.717) is 11.2 Å². The Hall–Kier alpha value is -0.225. The lowest BCUT2D eigenvalue weighted by atomic mass is 9.95. The fourth-order valence-corrected chi connectivity index (χ4v) is 1.32. The van der Waals surface area contributed by atoms with Crippen LogP contribution < -0.4 is 10.2 Å². The van der Waals surface area contributed by atoms with Gasteiger partial charge in [0.25, 0.3) is 0 Å². The minimum absolute atomic E-state index is 0.00538. The number of ether oxygens (including phenoxy) is 1. The molecule has 2 nitrogen and oxygen atoms in total.